The van der Waals surface area contributed by atoms with Crippen molar-refractivity contribution in [3.63, 3.8) is 0 Å². The second kappa shape index (κ2) is 14.6. The van der Waals surface area contributed by atoms with Crippen LogP contribution in [0.5, 0.6) is 11.6 Å². The molecule has 8 nitrogen and oxygen atoms in total. The number of benzene rings is 3. The summed E-state index contributed by atoms with van der Waals surface area (Å²) in [5, 5.41) is 2.99. The predicted octanol–water partition coefficient (Wildman–Crippen LogP) is 8.12. The lowest BCUT2D eigenvalue weighted by Gasteiger charge is -2.26. The number of halogens is 3. The molecule has 5 rings (SSSR count). The Hall–Kier alpha value is -4.64. The number of hydrogen-bond donors (Lipinski definition) is 1. The van der Waals surface area contributed by atoms with Crippen LogP contribution in [0, 0.1) is 38.2 Å². The van der Waals surface area contributed by atoms with Gasteiger partial charge in [0.05, 0.1) is 18.0 Å². The summed E-state index contributed by atoms with van der Waals surface area (Å²) in [7, 11) is 1.26. The number of nitrogens with one attached hydrogen (secondary N) is 1. The highest BCUT2D eigenvalue weighted by molar-refractivity contribution is 5.88. The second-order valence-corrected chi connectivity index (χ2v) is 11.5. The standard InChI is InChI=1S/C35H38F3N5O3/c1-22-9-12-27(24(3)23(22)2)30-21-33(46-35(44)42(4)31-19-25(36)10-13-28(31)37)41-34(40-30)39-26-11-14-32(29(38)20-26)45-18-8-17-43-15-6-5-7-16-43/h9-14,19-21H,5-8,15-18H2,1-4H3,(H,39,40,41). The first-order valence-corrected chi connectivity index (χ1v) is 15.4. The summed E-state index contributed by atoms with van der Waals surface area (Å²) in [5.41, 5.74) is 4.40. The van der Waals surface area contributed by atoms with Crippen LogP contribution in [0.2, 0.25) is 0 Å². The third-order valence-electron chi connectivity index (χ3n) is 8.28. The van der Waals surface area contributed by atoms with Crippen LogP contribution in [0.1, 0.15) is 42.4 Å². The number of likely N-dealkylation sites (tertiary alicyclic amines) is 1. The summed E-state index contributed by atoms with van der Waals surface area (Å²) < 4.78 is 54.4. The predicted molar refractivity (Wildman–Crippen MR) is 173 cm³/mol. The molecule has 3 aromatic carbocycles. The number of piperidine rings is 1. The van der Waals surface area contributed by atoms with Gasteiger partial charge >= 0.3 is 6.09 Å². The molecule has 46 heavy (non-hydrogen) atoms. The van der Waals surface area contributed by atoms with E-state index in [4.69, 9.17) is 9.47 Å². The number of amides is 1. The van der Waals surface area contributed by atoms with Crippen LogP contribution >= 0.6 is 0 Å². The van der Waals surface area contributed by atoms with Crippen LogP contribution in [-0.2, 0) is 0 Å². The Morgan fingerprint density at radius 2 is 1.70 bits per heavy atom. The summed E-state index contributed by atoms with van der Waals surface area (Å²) in [4.78, 5) is 25.2. The number of aryl methyl sites for hydroxylation is 1. The lowest BCUT2D eigenvalue weighted by Crippen LogP contribution is -2.31. The highest BCUT2D eigenvalue weighted by Gasteiger charge is 2.21. The Morgan fingerprint density at radius 1 is 0.913 bits per heavy atom. The molecule has 0 spiro atoms. The minimum Gasteiger partial charge on any atom is -0.490 e. The van der Waals surface area contributed by atoms with Crippen LogP contribution < -0.4 is 19.7 Å². The summed E-state index contributed by atoms with van der Waals surface area (Å²) in [6.07, 6.45) is 3.53. The Balaban J connectivity index is 1.36. The average Bonchev–Trinajstić information content (AvgIpc) is 3.04. The third kappa shape index (κ3) is 7.95. The van der Waals surface area contributed by atoms with Crippen molar-refractivity contribution in [1.82, 2.24) is 14.9 Å². The number of aromatic nitrogens is 2. The Kier molecular flexibility index (Phi) is 10.4. The Morgan fingerprint density at radius 3 is 2.46 bits per heavy atom. The van der Waals surface area contributed by atoms with Crippen molar-refractivity contribution >= 4 is 23.4 Å². The number of nitrogens with zero attached hydrogens (tertiary/aromatic N) is 4. The highest BCUT2D eigenvalue weighted by atomic mass is 19.1. The first kappa shape index (κ1) is 32.7. The highest BCUT2D eigenvalue weighted by Crippen LogP contribution is 2.31. The fourth-order valence-corrected chi connectivity index (χ4v) is 5.38. The third-order valence-corrected chi connectivity index (χ3v) is 8.28. The summed E-state index contributed by atoms with van der Waals surface area (Å²) in [6.45, 7) is 9.49. The molecule has 0 unspecified atom stereocenters. The largest absolute Gasteiger partial charge is 0.490 e. The van der Waals surface area contributed by atoms with E-state index in [1.807, 2.05) is 32.9 Å². The molecular formula is C35H38F3N5O3. The van der Waals surface area contributed by atoms with Crippen molar-refractivity contribution in [3.05, 3.63) is 88.7 Å². The molecule has 1 aliphatic heterocycles. The second-order valence-electron chi connectivity index (χ2n) is 11.5. The molecule has 0 bridgehead atoms. The zero-order valence-corrected chi connectivity index (χ0v) is 26.5. The van der Waals surface area contributed by atoms with Gasteiger partial charge in [0, 0.05) is 43.0 Å². The Labute approximate surface area is 267 Å². The smallest absolute Gasteiger partial charge is 0.420 e. The van der Waals surface area contributed by atoms with Gasteiger partial charge in [-0.2, -0.15) is 4.98 Å². The molecule has 1 aromatic heterocycles. The van der Waals surface area contributed by atoms with Crippen molar-refractivity contribution < 1.29 is 27.4 Å². The van der Waals surface area contributed by atoms with E-state index in [9.17, 15) is 13.6 Å². The van der Waals surface area contributed by atoms with E-state index in [1.165, 1.54) is 38.4 Å². The fraction of sp³-hybridized carbons (Fsp3) is 0.343. The van der Waals surface area contributed by atoms with E-state index < -0.39 is 23.5 Å². The van der Waals surface area contributed by atoms with Crippen LogP contribution in [0.3, 0.4) is 0 Å². The number of ether oxygens (including phenoxy) is 2. The molecule has 242 valence electrons. The van der Waals surface area contributed by atoms with E-state index in [-0.39, 0.29) is 23.3 Å². The number of carbonyl (C=O) groups is 1. The van der Waals surface area contributed by atoms with Crippen molar-refractivity contribution in [1.29, 1.82) is 0 Å². The fourth-order valence-electron chi connectivity index (χ4n) is 5.38. The maximum atomic E-state index is 15.0. The van der Waals surface area contributed by atoms with Gasteiger partial charge in [0.25, 0.3) is 0 Å². The zero-order valence-electron chi connectivity index (χ0n) is 26.5. The number of carbonyl (C=O) groups excluding carboxylic acids is 1. The quantitative estimate of drug-likeness (QED) is 0.177. The van der Waals surface area contributed by atoms with Gasteiger partial charge in [-0.3, -0.25) is 4.90 Å². The molecule has 0 saturated carbocycles. The molecule has 1 aliphatic rings. The summed E-state index contributed by atoms with van der Waals surface area (Å²) in [5.74, 6) is -2.02. The molecule has 1 saturated heterocycles. The van der Waals surface area contributed by atoms with E-state index in [0.29, 0.717) is 18.0 Å². The maximum absolute atomic E-state index is 15.0. The lowest BCUT2D eigenvalue weighted by atomic mass is 9.97. The number of anilines is 3. The average molecular weight is 634 g/mol. The van der Waals surface area contributed by atoms with Crippen LogP contribution in [0.4, 0.5) is 35.3 Å². The molecule has 4 aromatic rings. The minimum absolute atomic E-state index is 0.0344. The van der Waals surface area contributed by atoms with Gasteiger partial charge in [0.15, 0.2) is 11.6 Å². The van der Waals surface area contributed by atoms with Gasteiger partial charge in [-0.25, -0.2) is 22.9 Å². The molecule has 0 radical (unpaired) electrons. The lowest BCUT2D eigenvalue weighted by molar-refractivity contribution is 0.203. The van der Waals surface area contributed by atoms with E-state index in [2.05, 4.69) is 20.2 Å². The molecular weight excluding hydrogens is 595 g/mol. The number of hydrogen-bond acceptors (Lipinski definition) is 7. The molecule has 1 N–H and O–H groups in total. The van der Waals surface area contributed by atoms with Crippen molar-refractivity contribution in [2.75, 3.05) is 43.5 Å². The molecule has 2 heterocycles. The van der Waals surface area contributed by atoms with Crippen molar-refractivity contribution in [2.45, 2.75) is 46.5 Å². The van der Waals surface area contributed by atoms with Crippen LogP contribution in [0.15, 0.2) is 54.6 Å². The van der Waals surface area contributed by atoms with Gasteiger partial charge in [-0.1, -0.05) is 18.6 Å². The summed E-state index contributed by atoms with van der Waals surface area (Å²) in [6, 6.07) is 12.6. The topological polar surface area (TPSA) is 79.8 Å². The van der Waals surface area contributed by atoms with Crippen molar-refractivity contribution in [2.24, 2.45) is 0 Å². The zero-order chi connectivity index (χ0) is 32.8. The molecule has 0 aliphatic carbocycles. The molecule has 1 amide bonds. The first-order chi connectivity index (χ1) is 22.1. The van der Waals surface area contributed by atoms with Gasteiger partial charge in [0.2, 0.25) is 11.8 Å². The summed E-state index contributed by atoms with van der Waals surface area (Å²) >= 11 is 0. The minimum atomic E-state index is -0.996. The van der Waals surface area contributed by atoms with Crippen LogP contribution in [0.25, 0.3) is 11.3 Å². The Bertz CT molecular complexity index is 1710. The van der Waals surface area contributed by atoms with E-state index in [1.54, 1.807) is 12.1 Å². The van der Waals surface area contributed by atoms with Gasteiger partial charge in [0.1, 0.15) is 11.6 Å². The van der Waals surface area contributed by atoms with Crippen molar-refractivity contribution in [3.8, 4) is 22.9 Å². The van der Waals surface area contributed by atoms with Crippen LogP contribution in [-0.4, -0.2) is 54.2 Å². The monoisotopic (exact) mass is 633 g/mol. The maximum Gasteiger partial charge on any atom is 0.420 e. The van der Waals surface area contributed by atoms with Gasteiger partial charge < -0.3 is 19.7 Å². The SMILES string of the molecule is Cc1ccc(-c2cc(OC(=O)N(C)c3cc(F)ccc3F)nc(Nc3ccc(OCCCN4CCCCC4)c(F)c3)n2)c(C)c1C. The van der Waals surface area contributed by atoms with E-state index >= 15 is 4.39 Å². The normalized spacial score (nSPS) is 13.4. The molecule has 0 atom stereocenters. The van der Waals surface area contributed by atoms with Gasteiger partial charge in [-0.15, -0.1) is 0 Å². The van der Waals surface area contributed by atoms with Gasteiger partial charge in [-0.05, 0) is 94.1 Å². The first-order valence-electron chi connectivity index (χ1n) is 15.4. The molecule has 1 fully saturated rings. The van der Waals surface area contributed by atoms with E-state index in [0.717, 1.165) is 71.4 Å². The molecule has 11 heteroatoms. The number of rotatable bonds is 10.